The van der Waals surface area contributed by atoms with Gasteiger partial charge in [0, 0.05) is 30.9 Å². The van der Waals surface area contributed by atoms with Crippen LogP contribution in [-0.4, -0.2) is 75.2 Å². The Hall–Kier alpha value is -3.03. The highest BCUT2D eigenvalue weighted by molar-refractivity contribution is 5.81. The fourth-order valence-corrected chi connectivity index (χ4v) is 3.78. The second-order valence-electron chi connectivity index (χ2n) is 7.87. The molecule has 4 unspecified atom stereocenters. The molecule has 1 aliphatic rings. The second-order valence-corrected chi connectivity index (χ2v) is 7.87. The molecule has 180 valence electrons. The molecule has 0 bridgehead atoms. The van der Waals surface area contributed by atoms with E-state index in [0.29, 0.717) is 10.9 Å². The summed E-state index contributed by atoms with van der Waals surface area (Å²) < 4.78 is 16.1. The number of aliphatic hydroxyl groups excluding tert-OH is 4. The normalized spacial score (nSPS) is 27.0. The summed E-state index contributed by atoms with van der Waals surface area (Å²) in [7, 11) is 0. The highest BCUT2D eigenvalue weighted by Crippen LogP contribution is 2.35. The average Bonchev–Trinajstić information content (AvgIpc) is 2.73. The minimum atomic E-state index is -2.66. The van der Waals surface area contributed by atoms with Crippen molar-refractivity contribution in [1.29, 1.82) is 0 Å². The highest BCUT2D eigenvalue weighted by atomic mass is 16.7. The van der Waals surface area contributed by atoms with E-state index in [2.05, 4.69) is 5.32 Å². The summed E-state index contributed by atoms with van der Waals surface area (Å²) in [6, 6.07) is 4.09. The predicted octanol–water partition coefficient (Wildman–Crippen LogP) is -2.70. The monoisotopic (exact) mass is 466 g/mol. The molecule has 0 aliphatic carbocycles. The minimum Gasteiger partial charge on any atom is -0.543 e. The molecule has 1 aromatic carbocycles. The molecule has 1 aliphatic heterocycles. The number of ether oxygens (including phenoxy) is 2. The van der Waals surface area contributed by atoms with Crippen LogP contribution >= 0.6 is 0 Å². The van der Waals surface area contributed by atoms with Gasteiger partial charge in [0.25, 0.3) is 5.79 Å². The van der Waals surface area contributed by atoms with E-state index in [-0.39, 0.29) is 11.3 Å². The summed E-state index contributed by atoms with van der Waals surface area (Å²) in [5, 5.41) is 55.1. The van der Waals surface area contributed by atoms with Gasteiger partial charge >= 0.3 is 5.63 Å². The summed E-state index contributed by atoms with van der Waals surface area (Å²) in [6.07, 6.45) is -7.76. The first-order chi connectivity index (χ1) is 15.5. The smallest absolute Gasteiger partial charge is 0.336 e. The van der Waals surface area contributed by atoms with Gasteiger partial charge in [-0.3, -0.25) is 4.79 Å². The standard InChI is InChI=1S/C21H25NO11/c1-9-5-16(27)31-15-6-11(3-4-12(9)15)32-21(20(29)30)7-13(25)17(22-10(2)24)19(33-21)18(28)14(26)8-23/h3-6,13-14,17-19,23,25-26,28H,7-8H2,1-2H3,(H,22,24)(H,29,30)/p-1/t13?,14-,17?,18-,19?,21?/m1/s1. The Morgan fingerprint density at radius 1 is 1.33 bits per heavy atom. The number of nitrogens with one attached hydrogen (secondary N) is 1. The maximum Gasteiger partial charge on any atom is 0.336 e. The summed E-state index contributed by atoms with van der Waals surface area (Å²) in [5.74, 6) is -5.32. The van der Waals surface area contributed by atoms with E-state index in [9.17, 15) is 39.9 Å². The van der Waals surface area contributed by atoms with Crippen LogP contribution in [0.5, 0.6) is 5.75 Å². The van der Waals surface area contributed by atoms with Crippen LogP contribution in [0.25, 0.3) is 11.0 Å². The third kappa shape index (κ3) is 4.99. The first kappa shape index (κ1) is 24.6. The lowest BCUT2D eigenvalue weighted by Crippen LogP contribution is -2.70. The number of carboxylic acid groups (broad SMARTS) is 1. The number of amides is 1. The molecular formula is C21H24NO11-. The third-order valence-corrected chi connectivity index (χ3v) is 5.38. The van der Waals surface area contributed by atoms with Crippen molar-refractivity contribution >= 4 is 22.8 Å². The zero-order chi connectivity index (χ0) is 24.5. The Balaban J connectivity index is 2.01. The maximum atomic E-state index is 12.1. The van der Waals surface area contributed by atoms with Gasteiger partial charge in [-0.2, -0.15) is 0 Å². The quantitative estimate of drug-likeness (QED) is 0.266. The molecule has 6 atom stereocenters. The number of rotatable bonds is 7. The topological polar surface area (TPSA) is 199 Å². The highest BCUT2D eigenvalue weighted by Gasteiger charge is 2.53. The number of aryl methyl sites for hydroxylation is 1. The fraction of sp³-hybridized carbons (Fsp3) is 0.476. The van der Waals surface area contributed by atoms with Crippen molar-refractivity contribution in [3.8, 4) is 5.75 Å². The number of hydrogen-bond acceptors (Lipinski definition) is 11. The van der Waals surface area contributed by atoms with Crippen LogP contribution in [0.2, 0.25) is 0 Å². The van der Waals surface area contributed by atoms with E-state index in [1.54, 1.807) is 6.92 Å². The van der Waals surface area contributed by atoms with E-state index in [1.165, 1.54) is 24.3 Å². The molecule has 3 rings (SSSR count). The van der Waals surface area contributed by atoms with Crippen molar-refractivity contribution in [3.63, 3.8) is 0 Å². The van der Waals surface area contributed by atoms with Gasteiger partial charge in [-0.15, -0.1) is 0 Å². The number of carbonyl (C=O) groups is 2. The van der Waals surface area contributed by atoms with Gasteiger partial charge in [0.1, 0.15) is 35.6 Å². The van der Waals surface area contributed by atoms with E-state index < -0.39 is 66.8 Å². The van der Waals surface area contributed by atoms with Crippen LogP contribution in [0.1, 0.15) is 18.9 Å². The Labute approximate surface area is 187 Å². The van der Waals surface area contributed by atoms with Crippen LogP contribution in [0.15, 0.2) is 33.5 Å². The lowest BCUT2D eigenvalue weighted by atomic mass is 9.88. The first-order valence-corrected chi connectivity index (χ1v) is 10.0. The molecule has 1 fully saturated rings. The third-order valence-electron chi connectivity index (χ3n) is 5.38. The molecule has 33 heavy (non-hydrogen) atoms. The molecule has 2 aromatic rings. The van der Waals surface area contributed by atoms with Gasteiger partial charge in [-0.1, -0.05) is 0 Å². The Morgan fingerprint density at radius 2 is 2.03 bits per heavy atom. The van der Waals surface area contributed by atoms with Crippen molar-refractivity contribution < 1.29 is 49.0 Å². The van der Waals surface area contributed by atoms with E-state index >= 15 is 0 Å². The SMILES string of the molecule is CC(=O)NC1C(O)CC(Oc2ccc3c(C)cc(=O)oc3c2)(C(=O)[O-])OC1[C@H](O)[C@H](O)CO. The number of aliphatic carboxylic acids is 1. The number of aliphatic hydroxyl groups is 4. The minimum absolute atomic E-state index is 0.103. The van der Waals surface area contributed by atoms with Gasteiger partial charge in [0.15, 0.2) is 0 Å². The molecule has 0 saturated carbocycles. The first-order valence-electron chi connectivity index (χ1n) is 10.0. The Bertz CT molecular complexity index is 1100. The Morgan fingerprint density at radius 3 is 2.64 bits per heavy atom. The number of carboxylic acids is 1. The molecule has 0 radical (unpaired) electrons. The van der Waals surface area contributed by atoms with Gasteiger partial charge in [-0.25, -0.2) is 4.79 Å². The predicted molar refractivity (Wildman–Crippen MR) is 108 cm³/mol. The number of benzene rings is 1. The summed E-state index contributed by atoms with van der Waals surface area (Å²) in [4.78, 5) is 35.4. The van der Waals surface area contributed by atoms with Gasteiger partial charge in [0.05, 0.1) is 18.8 Å². The molecule has 1 aromatic heterocycles. The van der Waals surface area contributed by atoms with Crippen molar-refractivity contribution in [1.82, 2.24) is 5.32 Å². The number of fused-ring (bicyclic) bond motifs is 1. The Kier molecular flexibility index (Phi) is 7.05. The average molecular weight is 466 g/mol. The van der Waals surface area contributed by atoms with Gasteiger partial charge in [0.2, 0.25) is 5.91 Å². The molecule has 12 nitrogen and oxygen atoms in total. The molecular weight excluding hydrogens is 442 g/mol. The molecule has 2 heterocycles. The zero-order valence-electron chi connectivity index (χ0n) is 17.8. The number of hydrogen-bond donors (Lipinski definition) is 5. The molecule has 1 saturated heterocycles. The second kappa shape index (κ2) is 9.45. The fourth-order valence-electron chi connectivity index (χ4n) is 3.78. The molecule has 1 amide bonds. The molecule has 12 heteroatoms. The van der Waals surface area contributed by atoms with Crippen LogP contribution in [0.3, 0.4) is 0 Å². The van der Waals surface area contributed by atoms with Crippen LogP contribution in [0, 0.1) is 6.92 Å². The van der Waals surface area contributed by atoms with Crippen LogP contribution in [0.4, 0.5) is 0 Å². The van der Waals surface area contributed by atoms with E-state index in [4.69, 9.17) is 13.9 Å². The zero-order valence-corrected chi connectivity index (χ0v) is 17.8. The summed E-state index contributed by atoms with van der Waals surface area (Å²) in [6.45, 7) is 1.90. The van der Waals surface area contributed by atoms with Crippen molar-refractivity contribution in [2.45, 2.75) is 56.5 Å². The number of carbonyl (C=O) groups excluding carboxylic acids is 2. The van der Waals surface area contributed by atoms with Gasteiger partial charge in [-0.05, 0) is 24.6 Å². The van der Waals surface area contributed by atoms with Crippen molar-refractivity contribution in [2.24, 2.45) is 0 Å². The lowest BCUT2D eigenvalue weighted by Gasteiger charge is -2.48. The lowest BCUT2D eigenvalue weighted by molar-refractivity contribution is -0.367. The van der Waals surface area contributed by atoms with Crippen LogP contribution < -0.4 is 20.8 Å². The van der Waals surface area contributed by atoms with Crippen LogP contribution in [-0.2, 0) is 14.3 Å². The summed E-state index contributed by atoms with van der Waals surface area (Å²) >= 11 is 0. The molecule has 0 spiro atoms. The summed E-state index contributed by atoms with van der Waals surface area (Å²) in [5.41, 5.74) is 0.0901. The van der Waals surface area contributed by atoms with E-state index in [1.807, 2.05) is 0 Å². The molecule has 5 N–H and O–H groups in total. The van der Waals surface area contributed by atoms with E-state index in [0.717, 1.165) is 6.92 Å². The largest absolute Gasteiger partial charge is 0.543 e. The maximum absolute atomic E-state index is 12.1. The van der Waals surface area contributed by atoms with Crippen molar-refractivity contribution in [3.05, 3.63) is 40.2 Å². The van der Waals surface area contributed by atoms with Crippen molar-refractivity contribution in [2.75, 3.05) is 6.61 Å². The van der Waals surface area contributed by atoms with Gasteiger partial charge < -0.3 is 49.5 Å².